The van der Waals surface area contributed by atoms with Crippen LogP contribution >= 0.6 is 0 Å². The molecule has 0 saturated heterocycles. The van der Waals surface area contributed by atoms with E-state index in [2.05, 4.69) is 25.1 Å². The molecule has 0 aliphatic carbocycles. The number of hydrogen-bond acceptors (Lipinski definition) is 1. The number of carbonyl (C=O) groups excluding carboxylic acids is 1. The molecule has 0 amide bonds. The van der Waals surface area contributed by atoms with E-state index in [-0.39, 0.29) is 5.78 Å². The normalized spacial score (nSPS) is 10.7. The highest BCUT2D eigenvalue weighted by atomic mass is 16.1. The van der Waals surface area contributed by atoms with Crippen molar-refractivity contribution in [3.05, 3.63) is 95.6 Å². The minimum absolute atomic E-state index is 0.121. The van der Waals surface area contributed by atoms with Crippen LogP contribution < -0.4 is 0 Å². The van der Waals surface area contributed by atoms with E-state index in [0.29, 0.717) is 0 Å². The third kappa shape index (κ3) is 4.49. The number of aryl methyl sites for hydroxylation is 1. The van der Waals surface area contributed by atoms with Crippen LogP contribution in [0.2, 0.25) is 0 Å². The molecule has 0 spiro atoms. The zero-order chi connectivity index (χ0) is 18.2. The summed E-state index contributed by atoms with van der Waals surface area (Å²) in [6, 6.07) is 26.2. The zero-order valence-corrected chi connectivity index (χ0v) is 15.4. The minimum atomic E-state index is 0.121. The molecule has 0 atom stereocenters. The average Bonchev–Trinajstić information content (AvgIpc) is 2.72. The Labute approximate surface area is 156 Å². The van der Waals surface area contributed by atoms with E-state index in [9.17, 15) is 4.79 Å². The van der Waals surface area contributed by atoms with Crippen molar-refractivity contribution in [3.8, 4) is 11.1 Å². The lowest BCUT2D eigenvalue weighted by atomic mass is 9.94. The number of carbonyl (C=O) groups is 1. The van der Waals surface area contributed by atoms with Crippen molar-refractivity contribution in [2.45, 2.75) is 39.0 Å². The Morgan fingerprint density at radius 2 is 1.35 bits per heavy atom. The molecule has 26 heavy (non-hydrogen) atoms. The summed E-state index contributed by atoms with van der Waals surface area (Å²) in [5, 5.41) is 0. The van der Waals surface area contributed by atoms with Gasteiger partial charge in [0, 0.05) is 11.1 Å². The highest BCUT2D eigenvalue weighted by Crippen LogP contribution is 2.22. The summed E-state index contributed by atoms with van der Waals surface area (Å²) in [4.78, 5) is 13.0. The molecule has 0 aromatic heterocycles. The van der Waals surface area contributed by atoms with E-state index in [1.807, 2.05) is 60.7 Å². The van der Waals surface area contributed by atoms with Crippen LogP contribution in [0.4, 0.5) is 0 Å². The van der Waals surface area contributed by atoms with E-state index in [1.165, 1.54) is 30.4 Å². The molecule has 3 aromatic rings. The van der Waals surface area contributed by atoms with Crippen LogP contribution in [-0.4, -0.2) is 5.78 Å². The van der Waals surface area contributed by atoms with Gasteiger partial charge >= 0.3 is 0 Å². The first-order chi connectivity index (χ1) is 12.8. The lowest BCUT2D eigenvalue weighted by Crippen LogP contribution is -2.05. The Kier molecular flexibility index (Phi) is 6.38. The molecule has 0 bridgehead atoms. The Balaban J connectivity index is 1.77. The van der Waals surface area contributed by atoms with Gasteiger partial charge in [-0.25, -0.2) is 0 Å². The predicted octanol–water partition coefficient (Wildman–Crippen LogP) is 6.71. The SMILES string of the molecule is CCCCCCc1ccccc1C(=O)c1ccc(-c2ccccc2)cc1. The smallest absolute Gasteiger partial charge is 0.193 e. The first-order valence-electron chi connectivity index (χ1n) is 9.57. The Bertz CT molecular complexity index is 832. The van der Waals surface area contributed by atoms with Crippen LogP contribution in [0.3, 0.4) is 0 Å². The molecule has 0 aliphatic heterocycles. The summed E-state index contributed by atoms with van der Waals surface area (Å²) >= 11 is 0. The van der Waals surface area contributed by atoms with E-state index < -0.39 is 0 Å². The Morgan fingerprint density at radius 3 is 2.08 bits per heavy atom. The lowest BCUT2D eigenvalue weighted by Gasteiger charge is -2.09. The maximum absolute atomic E-state index is 13.0. The van der Waals surface area contributed by atoms with Gasteiger partial charge in [0.2, 0.25) is 0 Å². The maximum Gasteiger partial charge on any atom is 0.193 e. The predicted molar refractivity (Wildman–Crippen MR) is 110 cm³/mol. The molecule has 1 heteroatoms. The van der Waals surface area contributed by atoms with Crippen LogP contribution in [0.1, 0.15) is 54.1 Å². The van der Waals surface area contributed by atoms with Gasteiger partial charge in [-0.15, -0.1) is 0 Å². The Hall–Kier alpha value is -2.67. The Morgan fingerprint density at radius 1 is 0.692 bits per heavy atom. The monoisotopic (exact) mass is 342 g/mol. The van der Waals surface area contributed by atoms with Crippen molar-refractivity contribution >= 4 is 5.78 Å². The second-order valence-corrected chi connectivity index (χ2v) is 6.74. The van der Waals surface area contributed by atoms with Crippen molar-refractivity contribution in [1.29, 1.82) is 0 Å². The summed E-state index contributed by atoms with van der Waals surface area (Å²) in [6.45, 7) is 2.22. The maximum atomic E-state index is 13.0. The van der Waals surface area contributed by atoms with Crippen molar-refractivity contribution in [3.63, 3.8) is 0 Å². The quantitative estimate of drug-likeness (QED) is 0.328. The first-order valence-corrected chi connectivity index (χ1v) is 9.57. The fraction of sp³-hybridized carbons (Fsp3) is 0.240. The van der Waals surface area contributed by atoms with Crippen molar-refractivity contribution in [2.24, 2.45) is 0 Å². The summed E-state index contributed by atoms with van der Waals surface area (Å²) in [5.41, 5.74) is 5.07. The second-order valence-electron chi connectivity index (χ2n) is 6.74. The van der Waals surface area contributed by atoms with Crippen LogP contribution in [0.5, 0.6) is 0 Å². The van der Waals surface area contributed by atoms with Gasteiger partial charge in [-0.05, 0) is 29.5 Å². The minimum Gasteiger partial charge on any atom is -0.289 e. The summed E-state index contributed by atoms with van der Waals surface area (Å²) < 4.78 is 0. The standard InChI is InChI=1S/C25H26O/c1-2-3-4-6-13-22-14-9-10-15-24(22)25(26)23-18-16-21(17-19-23)20-11-7-5-8-12-20/h5,7-12,14-19H,2-4,6,13H2,1H3. The molecule has 0 N–H and O–H groups in total. The fourth-order valence-corrected chi connectivity index (χ4v) is 3.30. The van der Waals surface area contributed by atoms with E-state index >= 15 is 0 Å². The molecule has 0 saturated carbocycles. The molecule has 0 heterocycles. The molecule has 1 nitrogen and oxygen atoms in total. The highest BCUT2D eigenvalue weighted by Gasteiger charge is 2.13. The molecule has 3 rings (SSSR count). The number of ketones is 1. The summed E-state index contributed by atoms with van der Waals surface area (Å²) in [6.07, 6.45) is 5.84. The summed E-state index contributed by atoms with van der Waals surface area (Å²) in [7, 11) is 0. The average molecular weight is 342 g/mol. The third-order valence-electron chi connectivity index (χ3n) is 4.82. The number of unbranched alkanes of at least 4 members (excludes halogenated alkanes) is 3. The van der Waals surface area contributed by atoms with Crippen LogP contribution in [-0.2, 0) is 6.42 Å². The molecular weight excluding hydrogens is 316 g/mol. The third-order valence-corrected chi connectivity index (χ3v) is 4.82. The molecule has 0 unspecified atom stereocenters. The van der Waals surface area contributed by atoms with Crippen LogP contribution in [0, 0.1) is 0 Å². The van der Waals surface area contributed by atoms with Crippen LogP contribution in [0.25, 0.3) is 11.1 Å². The largest absolute Gasteiger partial charge is 0.289 e. The van der Waals surface area contributed by atoms with E-state index in [0.717, 1.165) is 29.5 Å². The molecular formula is C25H26O. The highest BCUT2D eigenvalue weighted by molar-refractivity contribution is 6.10. The fourth-order valence-electron chi connectivity index (χ4n) is 3.30. The van der Waals surface area contributed by atoms with Gasteiger partial charge in [0.1, 0.15) is 0 Å². The zero-order valence-electron chi connectivity index (χ0n) is 15.4. The summed E-state index contributed by atoms with van der Waals surface area (Å²) in [5.74, 6) is 0.121. The first kappa shape index (κ1) is 18.1. The van der Waals surface area contributed by atoms with Gasteiger partial charge in [-0.3, -0.25) is 4.79 Å². The topological polar surface area (TPSA) is 17.1 Å². The van der Waals surface area contributed by atoms with Gasteiger partial charge in [-0.2, -0.15) is 0 Å². The number of rotatable bonds is 8. The van der Waals surface area contributed by atoms with Gasteiger partial charge in [0.15, 0.2) is 5.78 Å². The van der Waals surface area contributed by atoms with Gasteiger partial charge in [0.25, 0.3) is 0 Å². The van der Waals surface area contributed by atoms with Crippen LogP contribution in [0.15, 0.2) is 78.9 Å². The molecule has 0 aliphatic rings. The molecule has 132 valence electrons. The van der Waals surface area contributed by atoms with E-state index in [4.69, 9.17) is 0 Å². The van der Waals surface area contributed by atoms with E-state index in [1.54, 1.807) is 0 Å². The lowest BCUT2D eigenvalue weighted by molar-refractivity contribution is 0.103. The van der Waals surface area contributed by atoms with Gasteiger partial charge in [-0.1, -0.05) is 105 Å². The molecule has 0 fully saturated rings. The van der Waals surface area contributed by atoms with Gasteiger partial charge < -0.3 is 0 Å². The molecule has 3 aromatic carbocycles. The second kappa shape index (κ2) is 9.15. The number of hydrogen-bond donors (Lipinski definition) is 0. The van der Waals surface area contributed by atoms with Gasteiger partial charge in [0.05, 0.1) is 0 Å². The van der Waals surface area contributed by atoms with Crippen molar-refractivity contribution < 1.29 is 4.79 Å². The molecule has 0 radical (unpaired) electrons. The van der Waals surface area contributed by atoms with Crippen molar-refractivity contribution in [1.82, 2.24) is 0 Å². The van der Waals surface area contributed by atoms with Crippen molar-refractivity contribution in [2.75, 3.05) is 0 Å². The number of benzene rings is 3.